The summed E-state index contributed by atoms with van der Waals surface area (Å²) in [4.78, 5) is 10.5. The molecule has 112 valence electrons. The minimum atomic E-state index is -6.35. The summed E-state index contributed by atoms with van der Waals surface area (Å²) in [5, 5.41) is 0. The van der Waals surface area contributed by atoms with Gasteiger partial charge in [0.05, 0.1) is 6.61 Å². The van der Waals surface area contributed by atoms with Gasteiger partial charge < -0.3 is 4.74 Å². The first-order valence-corrected chi connectivity index (χ1v) is 4.64. The molecule has 1 unspecified atom stereocenters. The van der Waals surface area contributed by atoms with Crippen molar-refractivity contribution >= 4 is 5.97 Å². The highest BCUT2D eigenvalue weighted by atomic mass is 19.4. The molecule has 0 aliphatic carbocycles. The van der Waals surface area contributed by atoms with E-state index in [4.69, 9.17) is 0 Å². The molecule has 0 saturated heterocycles. The Morgan fingerprint density at radius 1 is 1.11 bits per heavy atom. The number of ether oxygens (including phenoxy) is 1. The quantitative estimate of drug-likeness (QED) is 0.441. The van der Waals surface area contributed by atoms with Crippen molar-refractivity contribution in [1.82, 2.24) is 0 Å². The Hall–Kier alpha value is -1.35. The van der Waals surface area contributed by atoms with Crippen LogP contribution in [0.1, 0.15) is 6.42 Å². The van der Waals surface area contributed by atoms with E-state index in [1.807, 2.05) is 0 Å². The Morgan fingerprint density at radius 2 is 1.58 bits per heavy atom. The van der Waals surface area contributed by atoms with Gasteiger partial charge in [0.2, 0.25) is 0 Å². The van der Waals surface area contributed by atoms with E-state index in [1.54, 1.807) is 0 Å². The average Bonchev–Trinajstić information content (AvgIpc) is 2.20. The van der Waals surface area contributed by atoms with Gasteiger partial charge in [-0.2, -0.15) is 35.1 Å². The van der Waals surface area contributed by atoms with Crippen molar-refractivity contribution in [2.75, 3.05) is 6.61 Å². The van der Waals surface area contributed by atoms with E-state index < -0.39 is 43.2 Å². The van der Waals surface area contributed by atoms with E-state index in [0.29, 0.717) is 6.08 Å². The van der Waals surface area contributed by atoms with E-state index >= 15 is 0 Å². The molecule has 19 heavy (non-hydrogen) atoms. The Balaban J connectivity index is 4.95. The molecular weight excluding hydrogens is 292 g/mol. The lowest BCUT2D eigenvalue weighted by molar-refractivity contribution is -0.347. The summed E-state index contributed by atoms with van der Waals surface area (Å²) in [5.41, 5.74) is 0. The first kappa shape index (κ1) is 17.6. The smallest absolute Gasteiger partial charge is 0.453 e. The first-order valence-electron chi connectivity index (χ1n) is 4.64. The number of carbonyl (C=O) groups is 1. The number of rotatable bonds is 5. The summed E-state index contributed by atoms with van der Waals surface area (Å²) < 4.78 is 102. The zero-order chi connectivity index (χ0) is 15.5. The maximum Gasteiger partial charge on any atom is 0.453 e. The fourth-order valence-electron chi connectivity index (χ4n) is 1.08. The van der Waals surface area contributed by atoms with Crippen LogP contribution < -0.4 is 0 Å². The van der Waals surface area contributed by atoms with Crippen LogP contribution in [0.2, 0.25) is 0 Å². The van der Waals surface area contributed by atoms with Crippen LogP contribution in [-0.4, -0.2) is 30.9 Å². The molecular formula is C9H8F8O2. The second-order valence-electron chi connectivity index (χ2n) is 3.38. The fraction of sp³-hybridized carbons (Fsp3) is 0.667. The summed E-state index contributed by atoms with van der Waals surface area (Å²) in [5.74, 6) is -11.2. The van der Waals surface area contributed by atoms with Gasteiger partial charge >= 0.3 is 24.2 Å². The molecule has 0 N–H and O–H groups in total. The maximum atomic E-state index is 12.7. The minimum Gasteiger partial charge on any atom is -0.463 e. The predicted molar refractivity (Wildman–Crippen MR) is 46.3 cm³/mol. The normalized spacial score (nSPS) is 14.9. The molecule has 1 atom stereocenters. The van der Waals surface area contributed by atoms with Gasteiger partial charge in [0.25, 0.3) is 0 Å². The topological polar surface area (TPSA) is 26.3 Å². The van der Waals surface area contributed by atoms with Crippen molar-refractivity contribution in [1.29, 1.82) is 0 Å². The minimum absolute atomic E-state index is 0.532. The Bertz CT molecular complexity index is 330. The summed E-state index contributed by atoms with van der Waals surface area (Å²) in [6.45, 7) is 1.63. The zero-order valence-corrected chi connectivity index (χ0v) is 9.12. The Kier molecular flexibility index (Phi) is 5.33. The third kappa shape index (κ3) is 4.67. The largest absolute Gasteiger partial charge is 0.463 e. The lowest BCUT2D eigenvalue weighted by atomic mass is 9.96. The number of halogens is 8. The van der Waals surface area contributed by atoms with Crippen molar-refractivity contribution in [3.05, 3.63) is 12.7 Å². The van der Waals surface area contributed by atoms with Crippen LogP contribution in [0, 0.1) is 5.92 Å². The lowest BCUT2D eigenvalue weighted by Gasteiger charge is -2.29. The molecule has 0 fully saturated rings. The van der Waals surface area contributed by atoms with Crippen molar-refractivity contribution in [3.8, 4) is 0 Å². The van der Waals surface area contributed by atoms with E-state index in [9.17, 15) is 39.9 Å². The van der Waals surface area contributed by atoms with E-state index in [2.05, 4.69) is 11.3 Å². The van der Waals surface area contributed by atoms with Gasteiger partial charge in [0.15, 0.2) is 0 Å². The molecule has 0 aromatic heterocycles. The third-order valence-corrected chi connectivity index (χ3v) is 2.03. The van der Waals surface area contributed by atoms with Gasteiger partial charge in [-0.15, -0.1) is 0 Å². The highest BCUT2D eigenvalue weighted by Gasteiger charge is 2.69. The molecule has 0 aromatic rings. The van der Waals surface area contributed by atoms with E-state index in [0.717, 1.165) is 0 Å². The maximum absolute atomic E-state index is 12.7. The van der Waals surface area contributed by atoms with E-state index in [-0.39, 0.29) is 0 Å². The molecule has 10 heteroatoms. The average molecular weight is 300 g/mol. The molecule has 0 amide bonds. The number of esters is 1. The van der Waals surface area contributed by atoms with Crippen molar-refractivity contribution in [3.63, 3.8) is 0 Å². The predicted octanol–water partition coefficient (Wildman–Crippen LogP) is 3.48. The van der Waals surface area contributed by atoms with Crippen LogP contribution in [0.5, 0.6) is 0 Å². The molecule has 0 rings (SSSR count). The van der Waals surface area contributed by atoms with Crippen molar-refractivity contribution in [2.24, 2.45) is 5.92 Å². The molecule has 0 aliphatic rings. The molecule has 0 aliphatic heterocycles. The Labute approximate surface area is 102 Å². The fourth-order valence-corrected chi connectivity index (χ4v) is 1.08. The van der Waals surface area contributed by atoms with Crippen LogP contribution in [-0.2, 0) is 9.53 Å². The van der Waals surface area contributed by atoms with Crippen LogP contribution in [0.4, 0.5) is 35.1 Å². The standard InChI is InChI=1S/C9H8F8O2/c1-2-6(18)19-4-3-5(8(12,13)14)7(10,11)9(15,16)17/h2,5H,1,3-4H2. The van der Waals surface area contributed by atoms with Crippen LogP contribution in [0.15, 0.2) is 12.7 Å². The first-order chi connectivity index (χ1) is 8.34. The van der Waals surface area contributed by atoms with Crippen molar-refractivity contribution in [2.45, 2.75) is 24.7 Å². The Morgan fingerprint density at radius 3 is 1.89 bits per heavy atom. The van der Waals surface area contributed by atoms with E-state index in [1.165, 1.54) is 0 Å². The van der Waals surface area contributed by atoms with Crippen LogP contribution in [0.25, 0.3) is 0 Å². The molecule has 0 aromatic carbocycles. The number of hydrogen-bond acceptors (Lipinski definition) is 2. The van der Waals surface area contributed by atoms with Gasteiger partial charge in [0.1, 0.15) is 5.92 Å². The van der Waals surface area contributed by atoms with Crippen LogP contribution in [0.3, 0.4) is 0 Å². The third-order valence-electron chi connectivity index (χ3n) is 2.03. The van der Waals surface area contributed by atoms with Gasteiger partial charge in [-0.1, -0.05) is 6.58 Å². The molecule has 0 saturated carbocycles. The summed E-state index contributed by atoms with van der Waals surface area (Å²) in [6, 6.07) is 0. The van der Waals surface area contributed by atoms with Crippen molar-refractivity contribution < 1.29 is 44.7 Å². The number of alkyl halides is 8. The van der Waals surface area contributed by atoms with Gasteiger partial charge in [-0.25, -0.2) is 4.79 Å². The highest BCUT2D eigenvalue weighted by molar-refractivity contribution is 5.81. The summed E-state index contributed by atoms with van der Waals surface area (Å²) in [7, 11) is 0. The van der Waals surface area contributed by atoms with Gasteiger partial charge in [0, 0.05) is 6.08 Å². The molecule has 0 bridgehead atoms. The molecule has 0 heterocycles. The monoisotopic (exact) mass is 300 g/mol. The summed E-state index contributed by atoms with van der Waals surface area (Å²) >= 11 is 0. The van der Waals surface area contributed by atoms with Gasteiger partial charge in [-0.05, 0) is 6.42 Å². The van der Waals surface area contributed by atoms with Gasteiger partial charge in [-0.3, -0.25) is 0 Å². The van der Waals surface area contributed by atoms with Crippen LogP contribution >= 0.6 is 0 Å². The molecule has 0 spiro atoms. The SMILES string of the molecule is C=CC(=O)OCCC(C(F)(F)F)C(F)(F)C(F)(F)F. The number of hydrogen-bond donors (Lipinski definition) is 0. The second-order valence-corrected chi connectivity index (χ2v) is 3.38. The molecule has 2 nitrogen and oxygen atoms in total. The second kappa shape index (κ2) is 5.74. The zero-order valence-electron chi connectivity index (χ0n) is 9.12. The lowest BCUT2D eigenvalue weighted by Crippen LogP contribution is -2.50. The molecule has 0 radical (unpaired) electrons. The number of carbonyl (C=O) groups excluding carboxylic acids is 1. The summed E-state index contributed by atoms with van der Waals surface area (Å²) in [6.07, 6.45) is -13.3. The highest BCUT2D eigenvalue weighted by Crippen LogP contribution is 2.48.